The molecule has 1 nitrogen and oxygen atoms in total. The Kier molecular flexibility index (Phi) is 2.34. The molecule has 4 unspecified atom stereocenters. The summed E-state index contributed by atoms with van der Waals surface area (Å²) in [5, 5.41) is 0. The van der Waals surface area contributed by atoms with Gasteiger partial charge in [-0.15, -0.1) is 0 Å². The largest absolute Gasteiger partial charge is 0.371 e. The highest BCUT2D eigenvalue weighted by atomic mass is 16.5. The van der Waals surface area contributed by atoms with Crippen LogP contribution >= 0.6 is 0 Å². The van der Waals surface area contributed by atoms with Gasteiger partial charge in [0.15, 0.2) is 0 Å². The second-order valence-electron chi connectivity index (χ2n) is 7.69. The summed E-state index contributed by atoms with van der Waals surface area (Å²) in [5.74, 6) is 0.678. The smallest absolute Gasteiger partial charge is 0.0740 e. The van der Waals surface area contributed by atoms with Crippen molar-refractivity contribution >= 4 is 0 Å². The maximum atomic E-state index is 6.45. The van der Waals surface area contributed by atoms with Gasteiger partial charge in [-0.2, -0.15) is 0 Å². The lowest BCUT2D eigenvalue weighted by Crippen LogP contribution is -2.45. The van der Waals surface area contributed by atoms with E-state index >= 15 is 0 Å². The first-order valence-electron chi connectivity index (χ1n) is 7.24. The summed E-state index contributed by atoms with van der Waals surface area (Å²) in [6.45, 7) is 9.10. The molecule has 2 bridgehead atoms. The maximum Gasteiger partial charge on any atom is 0.0740 e. The number of hydrogen-bond acceptors (Lipinski definition) is 1. The van der Waals surface area contributed by atoms with Gasteiger partial charge in [-0.1, -0.05) is 31.9 Å². The topological polar surface area (TPSA) is 9.23 Å². The van der Waals surface area contributed by atoms with E-state index in [2.05, 4.69) is 39.8 Å². The van der Waals surface area contributed by atoms with Crippen molar-refractivity contribution in [3.8, 4) is 0 Å². The van der Waals surface area contributed by atoms with E-state index < -0.39 is 0 Å². The highest BCUT2D eigenvalue weighted by Gasteiger charge is 2.64. The van der Waals surface area contributed by atoms with Gasteiger partial charge in [-0.05, 0) is 45.4 Å². The van der Waals surface area contributed by atoms with E-state index in [0.29, 0.717) is 22.9 Å². The highest BCUT2D eigenvalue weighted by molar-refractivity contribution is 5.28. The normalized spacial score (nSPS) is 48.5. The molecule has 0 amide bonds. The van der Waals surface area contributed by atoms with Gasteiger partial charge in [0.25, 0.3) is 0 Å². The maximum absolute atomic E-state index is 6.45. The minimum atomic E-state index is -0.00929. The van der Waals surface area contributed by atoms with E-state index in [1.807, 2.05) is 0 Å². The fourth-order valence-corrected chi connectivity index (χ4v) is 4.67. The van der Waals surface area contributed by atoms with Gasteiger partial charge < -0.3 is 4.74 Å². The zero-order chi connectivity index (χ0) is 12.3. The van der Waals surface area contributed by atoms with Crippen LogP contribution in [0.1, 0.15) is 59.8 Å². The van der Waals surface area contributed by atoms with Crippen molar-refractivity contribution in [2.75, 3.05) is 0 Å². The molecule has 0 aromatic rings. The highest BCUT2D eigenvalue weighted by Crippen LogP contribution is 2.68. The van der Waals surface area contributed by atoms with Crippen molar-refractivity contribution in [2.45, 2.75) is 71.5 Å². The van der Waals surface area contributed by atoms with E-state index in [0.717, 1.165) is 0 Å². The monoisotopic (exact) mass is 234 g/mol. The molecule has 2 fully saturated rings. The van der Waals surface area contributed by atoms with Gasteiger partial charge in [0.1, 0.15) is 0 Å². The number of rotatable bonds is 1. The van der Waals surface area contributed by atoms with Crippen LogP contribution < -0.4 is 0 Å². The van der Waals surface area contributed by atoms with E-state index in [1.54, 1.807) is 0 Å². The molecule has 1 spiro atoms. The van der Waals surface area contributed by atoms with E-state index in [-0.39, 0.29) is 5.60 Å². The Hall–Kier alpha value is -0.300. The molecule has 3 rings (SSSR count). The van der Waals surface area contributed by atoms with Gasteiger partial charge in [-0.3, -0.25) is 0 Å². The molecule has 1 heteroatoms. The van der Waals surface area contributed by atoms with E-state index in [4.69, 9.17) is 4.74 Å². The quantitative estimate of drug-likeness (QED) is 0.614. The van der Waals surface area contributed by atoms with Gasteiger partial charge in [0, 0.05) is 11.3 Å². The number of ether oxygens (including phenoxy) is 1. The second-order valence-corrected chi connectivity index (χ2v) is 7.69. The fourth-order valence-electron chi connectivity index (χ4n) is 4.67. The molecule has 0 aliphatic heterocycles. The third-order valence-electron chi connectivity index (χ3n) is 5.40. The zero-order valence-corrected chi connectivity index (χ0v) is 11.8. The summed E-state index contributed by atoms with van der Waals surface area (Å²) in [5.41, 5.74) is 0.869. The molecule has 17 heavy (non-hydrogen) atoms. The molecule has 0 aromatic carbocycles. The average molecular weight is 234 g/mol. The fraction of sp³-hybridized carbons (Fsp3) is 0.875. The van der Waals surface area contributed by atoms with Crippen LogP contribution in [0.3, 0.4) is 0 Å². The van der Waals surface area contributed by atoms with Crippen LogP contribution in [0.2, 0.25) is 0 Å². The van der Waals surface area contributed by atoms with E-state index in [1.165, 1.54) is 32.1 Å². The number of fused-ring (bicyclic) bond motifs is 1. The van der Waals surface area contributed by atoms with Gasteiger partial charge in [0.05, 0.1) is 11.7 Å². The van der Waals surface area contributed by atoms with Gasteiger partial charge in [-0.25, -0.2) is 0 Å². The van der Waals surface area contributed by atoms with Gasteiger partial charge >= 0.3 is 0 Å². The summed E-state index contributed by atoms with van der Waals surface area (Å²) in [6.07, 6.45) is 12.3. The first-order valence-corrected chi connectivity index (χ1v) is 7.24. The summed E-state index contributed by atoms with van der Waals surface area (Å²) in [4.78, 5) is 0. The average Bonchev–Trinajstić information content (AvgIpc) is 2.64. The molecule has 0 saturated heterocycles. The summed E-state index contributed by atoms with van der Waals surface area (Å²) >= 11 is 0. The van der Waals surface area contributed by atoms with Crippen LogP contribution in [-0.4, -0.2) is 11.7 Å². The standard InChI is InChI=1S/C16H26O/c1-14(2,3)17-13-12-7-10-16(13)9-6-5-8-15(16,4)11-12/h7,10,12-13H,5-6,8-9,11H2,1-4H3. The van der Waals surface area contributed by atoms with Crippen LogP contribution in [0.5, 0.6) is 0 Å². The lowest BCUT2D eigenvalue weighted by molar-refractivity contribution is -0.122. The molecular weight excluding hydrogens is 208 g/mol. The molecular formula is C16H26O. The van der Waals surface area contributed by atoms with Gasteiger partial charge in [0.2, 0.25) is 0 Å². The molecule has 0 heterocycles. The summed E-state index contributed by atoms with van der Waals surface area (Å²) in [6, 6.07) is 0. The Morgan fingerprint density at radius 2 is 1.88 bits per heavy atom. The number of hydrogen-bond donors (Lipinski definition) is 0. The predicted molar refractivity (Wildman–Crippen MR) is 70.9 cm³/mol. The minimum Gasteiger partial charge on any atom is -0.371 e. The Balaban J connectivity index is 1.93. The van der Waals surface area contributed by atoms with Crippen LogP contribution in [0.15, 0.2) is 12.2 Å². The zero-order valence-electron chi connectivity index (χ0n) is 11.8. The third kappa shape index (κ3) is 1.54. The van der Waals surface area contributed by atoms with Crippen molar-refractivity contribution in [1.82, 2.24) is 0 Å². The lowest BCUT2D eigenvalue weighted by Gasteiger charge is -2.49. The molecule has 2 saturated carbocycles. The Morgan fingerprint density at radius 1 is 1.18 bits per heavy atom. The molecule has 96 valence electrons. The van der Waals surface area contributed by atoms with Crippen molar-refractivity contribution < 1.29 is 4.74 Å². The lowest BCUT2D eigenvalue weighted by atomic mass is 9.58. The van der Waals surface area contributed by atoms with Crippen molar-refractivity contribution in [2.24, 2.45) is 16.7 Å². The Labute approximate surface area is 106 Å². The molecule has 4 atom stereocenters. The molecule has 0 N–H and O–H groups in total. The SMILES string of the molecule is CC(C)(C)OC1C2C=CC13CCCCC3(C)C2. The van der Waals surface area contributed by atoms with Crippen molar-refractivity contribution in [1.29, 1.82) is 0 Å². The van der Waals surface area contributed by atoms with Crippen LogP contribution in [0.25, 0.3) is 0 Å². The Bertz CT molecular complexity index is 351. The first kappa shape index (κ1) is 11.8. The van der Waals surface area contributed by atoms with Crippen molar-refractivity contribution in [3.05, 3.63) is 12.2 Å². The summed E-state index contributed by atoms with van der Waals surface area (Å²) in [7, 11) is 0. The minimum absolute atomic E-state index is 0.00929. The second kappa shape index (κ2) is 3.38. The molecule has 0 radical (unpaired) electrons. The van der Waals surface area contributed by atoms with Crippen LogP contribution in [0, 0.1) is 16.7 Å². The van der Waals surface area contributed by atoms with Crippen molar-refractivity contribution in [3.63, 3.8) is 0 Å². The first-order chi connectivity index (χ1) is 7.86. The van der Waals surface area contributed by atoms with Crippen LogP contribution in [-0.2, 0) is 4.74 Å². The third-order valence-corrected chi connectivity index (χ3v) is 5.40. The summed E-state index contributed by atoms with van der Waals surface area (Å²) < 4.78 is 6.45. The molecule has 0 aromatic heterocycles. The molecule has 3 aliphatic rings. The predicted octanol–water partition coefficient (Wildman–Crippen LogP) is 4.33. The molecule has 3 aliphatic carbocycles. The van der Waals surface area contributed by atoms with E-state index in [9.17, 15) is 0 Å². The van der Waals surface area contributed by atoms with Crippen LogP contribution in [0.4, 0.5) is 0 Å². The Morgan fingerprint density at radius 3 is 2.59 bits per heavy atom.